The Balaban J connectivity index is 2.13. The molecule has 0 radical (unpaired) electrons. The van der Waals surface area contributed by atoms with Crippen molar-refractivity contribution in [1.82, 2.24) is 15.0 Å². The average molecular weight is 249 g/mol. The van der Waals surface area contributed by atoms with Crippen LogP contribution in [0.4, 0.5) is 0 Å². The fourth-order valence-corrected chi connectivity index (χ4v) is 1.72. The lowest BCUT2D eigenvalue weighted by atomic mass is 10.1. The van der Waals surface area contributed by atoms with E-state index >= 15 is 0 Å². The lowest BCUT2D eigenvalue weighted by Gasteiger charge is -2.14. The highest BCUT2D eigenvalue weighted by Crippen LogP contribution is 2.25. The first-order chi connectivity index (χ1) is 8.74. The van der Waals surface area contributed by atoms with Gasteiger partial charge in [-0.05, 0) is 6.07 Å². The first-order valence-corrected chi connectivity index (χ1v) is 5.55. The van der Waals surface area contributed by atoms with Gasteiger partial charge in [0.2, 0.25) is 0 Å². The lowest BCUT2D eigenvalue weighted by Crippen LogP contribution is -2.10. The minimum absolute atomic E-state index is 0.162. The molecule has 18 heavy (non-hydrogen) atoms. The molecule has 6 heteroatoms. The van der Waals surface area contributed by atoms with Crippen LogP contribution in [0.25, 0.3) is 0 Å². The highest BCUT2D eigenvalue weighted by molar-refractivity contribution is 5.34. The van der Waals surface area contributed by atoms with E-state index < -0.39 is 6.10 Å². The second kappa shape index (κ2) is 5.61. The van der Waals surface area contributed by atoms with E-state index in [1.165, 1.54) is 4.68 Å². The molecule has 2 N–H and O–H groups in total. The van der Waals surface area contributed by atoms with Gasteiger partial charge in [0, 0.05) is 5.56 Å². The van der Waals surface area contributed by atoms with Gasteiger partial charge in [-0.3, -0.25) is 0 Å². The third kappa shape index (κ3) is 2.66. The number of aliphatic hydroxyl groups is 2. The van der Waals surface area contributed by atoms with Gasteiger partial charge in [-0.1, -0.05) is 23.4 Å². The maximum absolute atomic E-state index is 10.1. The smallest absolute Gasteiger partial charge is 0.124 e. The van der Waals surface area contributed by atoms with Crippen molar-refractivity contribution < 1.29 is 14.9 Å². The van der Waals surface area contributed by atoms with Crippen molar-refractivity contribution in [2.45, 2.75) is 19.3 Å². The maximum atomic E-state index is 10.1. The van der Waals surface area contributed by atoms with Gasteiger partial charge in [-0.15, -0.1) is 5.10 Å². The van der Waals surface area contributed by atoms with E-state index in [9.17, 15) is 5.11 Å². The molecule has 1 atom stereocenters. The van der Waals surface area contributed by atoms with E-state index in [0.717, 1.165) is 0 Å². The molecule has 1 heterocycles. The van der Waals surface area contributed by atoms with Crippen molar-refractivity contribution in [3.63, 3.8) is 0 Å². The van der Waals surface area contributed by atoms with Crippen molar-refractivity contribution in [2.24, 2.45) is 0 Å². The molecule has 96 valence electrons. The summed E-state index contributed by atoms with van der Waals surface area (Å²) in [6, 6.07) is 7.27. The van der Waals surface area contributed by atoms with Crippen LogP contribution in [0.3, 0.4) is 0 Å². The summed E-state index contributed by atoms with van der Waals surface area (Å²) in [6.45, 7) is 0.0954. The number of aliphatic hydroxyl groups excluding tert-OH is 2. The Labute approximate surface area is 104 Å². The number of methoxy groups -OCH3 is 1. The van der Waals surface area contributed by atoms with E-state index in [1.807, 2.05) is 12.1 Å². The van der Waals surface area contributed by atoms with Gasteiger partial charge >= 0.3 is 0 Å². The van der Waals surface area contributed by atoms with Crippen LogP contribution in [-0.4, -0.2) is 32.3 Å². The van der Waals surface area contributed by atoms with E-state index in [4.69, 9.17) is 9.84 Å². The van der Waals surface area contributed by atoms with Crippen LogP contribution < -0.4 is 4.74 Å². The maximum Gasteiger partial charge on any atom is 0.124 e. The number of ether oxygens (including phenoxy) is 1. The van der Waals surface area contributed by atoms with Gasteiger partial charge in [0.05, 0.1) is 26.5 Å². The topological polar surface area (TPSA) is 80.4 Å². The molecule has 0 fully saturated rings. The van der Waals surface area contributed by atoms with Crippen molar-refractivity contribution in [1.29, 1.82) is 0 Å². The first-order valence-electron chi connectivity index (χ1n) is 5.55. The summed E-state index contributed by atoms with van der Waals surface area (Å²) in [4.78, 5) is 0. The highest BCUT2D eigenvalue weighted by Gasteiger charge is 2.14. The van der Waals surface area contributed by atoms with Crippen molar-refractivity contribution in [3.05, 3.63) is 41.7 Å². The SMILES string of the molecule is COc1ccccc1[C@H](O)Cn1cc(CO)nn1. The van der Waals surface area contributed by atoms with E-state index in [-0.39, 0.29) is 13.2 Å². The highest BCUT2D eigenvalue weighted by atomic mass is 16.5. The predicted molar refractivity (Wildman–Crippen MR) is 63.9 cm³/mol. The van der Waals surface area contributed by atoms with Crippen LogP contribution >= 0.6 is 0 Å². The molecule has 0 spiro atoms. The van der Waals surface area contributed by atoms with Crippen LogP contribution in [0.15, 0.2) is 30.5 Å². The van der Waals surface area contributed by atoms with Crippen molar-refractivity contribution in [2.75, 3.05) is 7.11 Å². The monoisotopic (exact) mass is 249 g/mol. The molecular formula is C12H15N3O3. The van der Waals surface area contributed by atoms with Crippen molar-refractivity contribution >= 4 is 0 Å². The summed E-state index contributed by atoms with van der Waals surface area (Å²) in [5.41, 5.74) is 1.17. The second-order valence-corrected chi connectivity index (χ2v) is 3.85. The Morgan fingerprint density at radius 3 is 2.83 bits per heavy atom. The third-order valence-corrected chi connectivity index (χ3v) is 2.61. The number of nitrogens with zero attached hydrogens (tertiary/aromatic N) is 3. The Bertz CT molecular complexity index is 513. The molecule has 6 nitrogen and oxygen atoms in total. The van der Waals surface area contributed by atoms with Crippen LogP contribution in [0, 0.1) is 0 Å². The lowest BCUT2D eigenvalue weighted by molar-refractivity contribution is 0.147. The van der Waals surface area contributed by atoms with Crippen LogP contribution in [0.1, 0.15) is 17.4 Å². The summed E-state index contributed by atoms with van der Waals surface area (Å²) < 4.78 is 6.67. The van der Waals surface area contributed by atoms with E-state index in [0.29, 0.717) is 17.0 Å². The molecule has 2 rings (SSSR count). The van der Waals surface area contributed by atoms with Crippen molar-refractivity contribution in [3.8, 4) is 5.75 Å². The Kier molecular flexibility index (Phi) is 3.91. The normalized spacial score (nSPS) is 12.4. The molecular weight excluding hydrogens is 234 g/mol. The first kappa shape index (κ1) is 12.5. The van der Waals surface area contributed by atoms with Crippen LogP contribution in [0.5, 0.6) is 5.75 Å². The largest absolute Gasteiger partial charge is 0.496 e. The number of benzene rings is 1. The zero-order valence-electron chi connectivity index (χ0n) is 10.0. The zero-order valence-corrected chi connectivity index (χ0v) is 10.0. The molecule has 0 aliphatic heterocycles. The van der Waals surface area contributed by atoms with Gasteiger partial charge in [0.1, 0.15) is 17.5 Å². The quantitative estimate of drug-likeness (QED) is 0.807. The fraction of sp³-hybridized carbons (Fsp3) is 0.333. The summed E-state index contributed by atoms with van der Waals surface area (Å²) in [5, 5.41) is 26.6. The Hall–Kier alpha value is -1.92. The average Bonchev–Trinajstić information content (AvgIpc) is 2.86. The predicted octanol–water partition coefficient (Wildman–Crippen LogP) is 0.513. The Morgan fingerprint density at radius 1 is 1.39 bits per heavy atom. The Morgan fingerprint density at radius 2 is 2.17 bits per heavy atom. The van der Waals surface area contributed by atoms with Gasteiger partial charge < -0.3 is 14.9 Å². The zero-order chi connectivity index (χ0) is 13.0. The summed E-state index contributed by atoms with van der Waals surface area (Å²) in [6.07, 6.45) is 0.855. The van der Waals surface area contributed by atoms with Crippen LogP contribution in [-0.2, 0) is 13.2 Å². The van der Waals surface area contributed by atoms with Gasteiger partial charge in [0.25, 0.3) is 0 Å². The number of hydrogen-bond donors (Lipinski definition) is 2. The summed E-state index contributed by atoms with van der Waals surface area (Å²) >= 11 is 0. The number of rotatable bonds is 5. The molecule has 0 saturated carbocycles. The summed E-state index contributed by atoms with van der Waals surface area (Å²) in [5.74, 6) is 0.632. The minimum atomic E-state index is -0.741. The molecule has 0 aliphatic carbocycles. The molecule has 0 bridgehead atoms. The molecule has 2 aromatic rings. The number of aromatic nitrogens is 3. The molecule has 0 saturated heterocycles. The van der Waals surface area contributed by atoms with E-state index in [1.54, 1.807) is 25.4 Å². The molecule has 1 aromatic carbocycles. The second-order valence-electron chi connectivity index (χ2n) is 3.85. The number of para-hydroxylation sites is 1. The third-order valence-electron chi connectivity index (χ3n) is 2.61. The van der Waals surface area contributed by atoms with E-state index in [2.05, 4.69) is 10.3 Å². The summed E-state index contributed by atoms with van der Waals surface area (Å²) in [7, 11) is 1.56. The minimum Gasteiger partial charge on any atom is -0.496 e. The van der Waals surface area contributed by atoms with Crippen LogP contribution in [0.2, 0.25) is 0 Å². The van der Waals surface area contributed by atoms with Gasteiger partial charge in [-0.25, -0.2) is 4.68 Å². The standard InChI is InChI=1S/C12H15N3O3/c1-18-12-5-3-2-4-10(12)11(17)7-15-6-9(8-16)13-14-15/h2-6,11,16-17H,7-8H2,1H3/t11-/m1/s1. The number of hydrogen-bond acceptors (Lipinski definition) is 5. The molecule has 0 amide bonds. The molecule has 0 unspecified atom stereocenters. The molecule has 1 aromatic heterocycles. The molecule has 0 aliphatic rings. The van der Waals surface area contributed by atoms with Gasteiger partial charge in [-0.2, -0.15) is 0 Å². The van der Waals surface area contributed by atoms with Gasteiger partial charge in [0.15, 0.2) is 0 Å². The fourth-order valence-electron chi connectivity index (χ4n) is 1.72.